The average molecular weight is 400 g/mol. The van der Waals surface area contributed by atoms with Gasteiger partial charge in [-0.05, 0) is 58.5 Å². The maximum absolute atomic E-state index is 12.4. The van der Waals surface area contributed by atoms with Gasteiger partial charge in [-0.3, -0.25) is 10.4 Å². The Morgan fingerprint density at radius 3 is 2.43 bits per heavy atom. The fraction of sp³-hybridized carbons (Fsp3) is 0.174. The highest BCUT2D eigenvalue weighted by molar-refractivity contribution is 5.99. The van der Waals surface area contributed by atoms with Crippen LogP contribution in [0.2, 0.25) is 0 Å². The lowest BCUT2D eigenvalue weighted by Crippen LogP contribution is -2.20. The molecule has 0 aliphatic heterocycles. The number of aromatic amines is 1. The summed E-state index contributed by atoms with van der Waals surface area (Å²) in [4.78, 5) is 16.7. The maximum atomic E-state index is 12.4. The highest BCUT2D eigenvalue weighted by Gasteiger charge is 2.13. The van der Waals surface area contributed by atoms with E-state index in [2.05, 4.69) is 46.6 Å². The van der Waals surface area contributed by atoms with Crippen molar-refractivity contribution in [2.75, 3.05) is 16.4 Å². The van der Waals surface area contributed by atoms with Gasteiger partial charge in [0.1, 0.15) is 5.82 Å². The first-order valence-electron chi connectivity index (χ1n) is 9.68. The van der Waals surface area contributed by atoms with Crippen molar-refractivity contribution in [1.29, 1.82) is 0 Å². The second kappa shape index (κ2) is 7.51. The van der Waals surface area contributed by atoms with Gasteiger partial charge in [-0.2, -0.15) is 5.10 Å². The molecule has 2 aromatic heterocycles. The number of H-pyrrole nitrogens is 1. The number of benzene rings is 2. The van der Waals surface area contributed by atoms with Crippen LogP contribution in [0.25, 0.3) is 22.0 Å². The molecule has 0 bridgehead atoms. The Morgan fingerprint density at radius 2 is 1.70 bits per heavy atom. The van der Waals surface area contributed by atoms with Crippen LogP contribution in [0.3, 0.4) is 0 Å². The predicted octanol–water partition coefficient (Wildman–Crippen LogP) is 5.15. The van der Waals surface area contributed by atoms with Crippen LogP contribution < -0.4 is 16.4 Å². The lowest BCUT2D eigenvalue weighted by molar-refractivity contribution is 0.262. The van der Waals surface area contributed by atoms with Crippen LogP contribution in [0.15, 0.2) is 60.8 Å². The summed E-state index contributed by atoms with van der Waals surface area (Å²) >= 11 is 0. The first-order valence-corrected chi connectivity index (χ1v) is 9.68. The van der Waals surface area contributed by atoms with Gasteiger partial charge in [-0.1, -0.05) is 39.0 Å². The fourth-order valence-electron chi connectivity index (χ4n) is 3.22. The topological polar surface area (TPSA) is 109 Å². The molecule has 0 radical (unpaired) electrons. The zero-order valence-electron chi connectivity index (χ0n) is 17.2. The van der Waals surface area contributed by atoms with Gasteiger partial charge in [0, 0.05) is 17.3 Å². The smallest absolute Gasteiger partial charge is 0.324 e. The van der Waals surface area contributed by atoms with E-state index in [0.717, 1.165) is 27.7 Å². The minimum Gasteiger partial charge on any atom is -0.382 e. The predicted molar refractivity (Wildman–Crippen MR) is 122 cm³/mol. The molecule has 2 amide bonds. The van der Waals surface area contributed by atoms with Gasteiger partial charge in [0.25, 0.3) is 0 Å². The van der Waals surface area contributed by atoms with E-state index in [-0.39, 0.29) is 11.4 Å². The number of nitrogens with two attached hydrogens (primary N) is 1. The number of nitrogen functional groups attached to an aromatic ring is 1. The van der Waals surface area contributed by atoms with Crippen molar-refractivity contribution in [1.82, 2.24) is 15.2 Å². The molecule has 4 aromatic rings. The monoisotopic (exact) mass is 400 g/mol. The van der Waals surface area contributed by atoms with Crippen LogP contribution in [0.5, 0.6) is 0 Å². The molecule has 30 heavy (non-hydrogen) atoms. The number of hydrogen-bond donors (Lipinski definition) is 4. The first-order chi connectivity index (χ1) is 14.3. The third-order valence-electron chi connectivity index (χ3n) is 4.94. The van der Waals surface area contributed by atoms with Gasteiger partial charge in [0.15, 0.2) is 5.82 Å². The summed E-state index contributed by atoms with van der Waals surface area (Å²) in [6.07, 6.45) is 1.66. The van der Waals surface area contributed by atoms with E-state index in [1.54, 1.807) is 6.20 Å². The largest absolute Gasteiger partial charge is 0.382 e. The van der Waals surface area contributed by atoms with E-state index < -0.39 is 0 Å². The second-order valence-corrected chi connectivity index (χ2v) is 8.21. The molecule has 2 aromatic carbocycles. The molecule has 0 saturated heterocycles. The molecule has 0 atom stereocenters. The van der Waals surface area contributed by atoms with Gasteiger partial charge in [-0.25, -0.2) is 9.78 Å². The highest BCUT2D eigenvalue weighted by Crippen LogP contribution is 2.27. The Kier molecular flexibility index (Phi) is 4.87. The van der Waals surface area contributed by atoms with E-state index in [1.807, 2.05) is 54.6 Å². The van der Waals surface area contributed by atoms with Crippen molar-refractivity contribution in [2.24, 2.45) is 0 Å². The van der Waals surface area contributed by atoms with Crippen molar-refractivity contribution < 1.29 is 4.79 Å². The number of fused-ring (bicyclic) bond motifs is 1. The fourth-order valence-corrected chi connectivity index (χ4v) is 3.22. The second-order valence-electron chi connectivity index (χ2n) is 8.21. The minimum absolute atomic E-state index is 0.0648. The van der Waals surface area contributed by atoms with Crippen LogP contribution in [0.4, 0.5) is 22.1 Å². The van der Waals surface area contributed by atoms with Crippen molar-refractivity contribution in [3.63, 3.8) is 0 Å². The van der Waals surface area contributed by atoms with Crippen molar-refractivity contribution in [3.8, 4) is 11.1 Å². The summed E-state index contributed by atoms with van der Waals surface area (Å²) in [5, 5.41) is 13.4. The van der Waals surface area contributed by atoms with Crippen LogP contribution in [-0.4, -0.2) is 21.2 Å². The summed E-state index contributed by atoms with van der Waals surface area (Å²) in [5.74, 6) is 0.910. The number of aromatic nitrogens is 3. The number of carbonyl (C=O) groups excluding carboxylic acids is 1. The standard InChI is InChI=1S/C23H24N6O/c1-23(2,3)16-5-7-17(8-6-16)26-22(30)27-20-13-15(10-11-25-20)14-4-9-19-18(12-14)21(24)29-28-19/h4-13H,1-3H3,(H3,24,28,29)(H2,25,26,27,30). The molecule has 0 saturated carbocycles. The molecule has 7 nitrogen and oxygen atoms in total. The van der Waals surface area contributed by atoms with Gasteiger partial charge in [0.2, 0.25) is 0 Å². The molecular weight excluding hydrogens is 376 g/mol. The molecule has 0 unspecified atom stereocenters. The van der Waals surface area contributed by atoms with Crippen LogP contribution in [-0.2, 0) is 5.41 Å². The van der Waals surface area contributed by atoms with Crippen LogP contribution in [0.1, 0.15) is 26.3 Å². The third-order valence-corrected chi connectivity index (χ3v) is 4.94. The van der Waals surface area contributed by atoms with Gasteiger partial charge < -0.3 is 11.1 Å². The molecule has 0 fully saturated rings. The van der Waals surface area contributed by atoms with E-state index in [0.29, 0.717) is 11.6 Å². The Labute approximate surface area is 174 Å². The third kappa shape index (κ3) is 4.10. The zero-order chi connectivity index (χ0) is 21.3. The maximum Gasteiger partial charge on any atom is 0.324 e. The Morgan fingerprint density at radius 1 is 0.967 bits per heavy atom. The Bertz CT molecular complexity index is 1200. The number of anilines is 3. The molecule has 152 valence electrons. The summed E-state index contributed by atoms with van der Waals surface area (Å²) in [7, 11) is 0. The average Bonchev–Trinajstić information content (AvgIpc) is 3.08. The van der Waals surface area contributed by atoms with E-state index in [4.69, 9.17) is 5.73 Å². The van der Waals surface area contributed by atoms with Crippen molar-refractivity contribution in [2.45, 2.75) is 26.2 Å². The molecule has 0 aliphatic carbocycles. The minimum atomic E-state index is -0.349. The van der Waals surface area contributed by atoms with Crippen molar-refractivity contribution >= 4 is 34.3 Å². The summed E-state index contributed by atoms with van der Waals surface area (Å²) in [5.41, 5.74) is 10.6. The summed E-state index contributed by atoms with van der Waals surface area (Å²) in [6.45, 7) is 6.46. The van der Waals surface area contributed by atoms with Gasteiger partial charge >= 0.3 is 6.03 Å². The molecule has 4 rings (SSSR count). The molecule has 0 aliphatic rings. The van der Waals surface area contributed by atoms with E-state index in [9.17, 15) is 4.79 Å². The first kappa shape index (κ1) is 19.4. The lowest BCUT2D eigenvalue weighted by atomic mass is 9.87. The van der Waals surface area contributed by atoms with Crippen molar-refractivity contribution in [3.05, 3.63) is 66.4 Å². The van der Waals surface area contributed by atoms with Gasteiger partial charge in [-0.15, -0.1) is 0 Å². The molecule has 0 spiro atoms. The normalized spacial score (nSPS) is 11.4. The SMILES string of the molecule is CC(C)(C)c1ccc(NC(=O)Nc2cc(-c3ccc4[nH]nc(N)c4c3)ccn2)cc1. The van der Waals surface area contributed by atoms with Crippen LogP contribution >= 0.6 is 0 Å². The summed E-state index contributed by atoms with van der Waals surface area (Å²) < 4.78 is 0. The van der Waals surface area contributed by atoms with Crippen LogP contribution in [0, 0.1) is 0 Å². The number of nitrogens with one attached hydrogen (secondary N) is 3. The number of nitrogens with zero attached hydrogens (tertiary/aromatic N) is 2. The lowest BCUT2D eigenvalue weighted by Gasteiger charge is -2.19. The molecule has 7 heteroatoms. The number of rotatable bonds is 3. The van der Waals surface area contributed by atoms with E-state index >= 15 is 0 Å². The quantitative estimate of drug-likeness (QED) is 0.381. The Hall–Kier alpha value is -3.87. The summed E-state index contributed by atoms with van der Waals surface area (Å²) in [6, 6.07) is 17.0. The number of carbonyl (C=O) groups is 1. The van der Waals surface area contributed by atoms with Gasteiger partial charge in [0.05, 0.1) is 5.52 Å². The zero-order valence-corrected chi connectivity index (χ0v) is 17.2. The number of pyridine rings is 1. The highest BCUT2D eigenvalue weighted by atomic mass is 16.2. The molecular formula is C23H24N6O. The molecule has 2 heterocycles. The number of amides is 2. The number of urea groups is 1. The molecule has 5 N–H and O–H groups in total. The number of hydrogen-bond acceptors (Lipinski definition) is 4. The van der Waals surface area contributed by atoms with E-state index in [1.165, 1.54) is 5.56 Å². The Balaban J connectivity index is 1.48.